The Hall–Kier alpha value is -2.42. The van der Waals surface area contributed by atoms with E-state index in [1.807, 2.05) is 0 Å². The predicted octanol–water partition coefficient (Wildman–Crippen LogP) is 4.62. The molecule has 0 unspecified atom stereocenters. The van der Waals surface area contributed by atoms with Crippen LogP contribution in [0.25, 0.3) is 22.0 Å². The minimum absolute atomic E-state index is 0.149. The molecule has 1 fully saturated rings. The number of alkyl halides is 3. The lowest BCUT2D eigenvalue weighted by Gasteiger charge is -2.20. The summed E-state index contributed by atoms with van der Waals surface area (Å²) in [6.07, 6.45) is -3.38. The van der Waals surface area contributed by atoms with E-state index in [9.17, 15) is 21.6 Å². The normalized spacial score (nSPS) is 16.5. The summed E-state index contributed by atoms with van der Waals surface area (Å²) in [6, 6.07) is 6.21. The zero-order valence-electron chi connectivity index (χ0n) is 15.2. The van der Waals surface area contributed by atoms with Crippen LogP contribution in [0.1, 0.15) is 24.3 Å². The van der Waals surface area contributed by atoms with Gasteiger partial charge in [-0.05, 0) is 56.5 Å². The summed E-state index contributed by atoms with van der Waals surface area (Å²) in [5, 5.41) is 4.17. The molecule has 2 aromatic heterocycles. The smallest absolute Gasteiger partial charge is 0.361 e. The van der Waals surface area contributed by atoms with Crippen LogP contribution in [-0.4, -0.2) is 30.5 Å². The predicted molar refractivity (Wildman–Crippen MR) is 96.5 cm³/mol. The van der Waals surface area contributed by atoms with Crippen molar-refractivity contribution in [1.29, 1.82) is 0 Å². The third-order valence-electron chi connectivity index (χ3n) is 5.26. The first kappa shape index (κ1) is 18.9. The van der Waals surface area contributed by atoms with Crippen molar-refractivity contribution in [1.82, 2.24) is 10.1 Å². The summed E-state index contributed by atoms with van der Waals surface area (Å²) in [5.41, 5.74) is -0.0984. The lowest BCUT2D eigenvalue weighted by atomic mass is 10.0. The third-order valence-corrected chi connectivity index (χ3v) is 7.20. The van der Waals surface area contributed by atoms with Crippen molar-refractivity contribution < 1.29 is 26.1 Å². The van der Waals surface area contributed by atoms with Gasteiger partial charge in [-0.3, -0.25) is 4.98 Å². The molecule has 4 rings (SSSR count). The number of rotatable bonds is 4. The summed E-state index contributed by atoms with van der Waals surface area (Å²) in [5.74, 6) is -0.469. The number of sulfone groups is 1. The first-order valence-electron chi connectivity index (χ1n) is 8.66. The monoisotopic (exact) mass is 410 g/mol. The van der Waals surface area contributed by atoms with E-state index in [-0.39, 0.29) is 17.7 Å². The maximum Gasteiger partial charge on any atom is 0.395 e. The fourth-order valence-corrected chi connectivity index (χ4v) is 5.70. The molecule has 0 spiro atoms. The van der Waals surface area contributed by atoms with Crippen LogP contribution in [0.15, 0.2) is 39.9 Å². The minimum atomic E-state index is -4.55. The molecule has 1 aliphatic rings. The zero-order valence-corrected chi connectivity index (χ0v) is 16.0. The molecular formula is C19H17F3N2O3S. The van der Waals surface area contributed by atoms with Crippen molar-refractivity contribution in [3.8, 4) is 11.1 Å². The Morgan fingerprint density at radius 1 is 1.21 bits per heavy atom. The number of halogens is 3. The first-order chi connectivity index (χ1) is 13.0. The molecule has 0 atom stereocenters. The topological polar surface area (TPSA) is 73.1 Å². The number of fused-ring (bicyclic) bond motifs is 1. The number of hydrogen-bond acceptors (Lipinski definition) is 5. The number of pyridine rings is 1. The van der Waals surface area contributed by atoms with Gasteiger partial charge in [0.25, 0.3) is 0 Å². The summed E-state index contributed by atoms with van der Waals surface area (Å²) >= 11 is 0. The molecule has 0 radical (unpaired) electrons. The third kappa shape index (κ3) is 2.97. The standard InChI is InChI=1S/C19H17F3N2O3S/c1-11-17(12(2)27-24-11)13-8-15-14(4-3-7-23-15)16(9-13)28(25,26)10-18(5-6-18)19(20,21)22/h3-4,7-9H,5-6,10H2,1-2H3. The Morgan fingerprint density at radius 2 is 1.93 bits per heavy atom. The van der Waals surface area contributed by atoms with Crippen LogP contribution >= 0.6 is 0 Å². The van der Waals surface area contributed by atoms with E-state index in [0.29, 0.717) is 33.5 Å². The highest BCUT2D eigenvalue weighted by Gasteiger charge is 2.65. The molecule has 0 bridgehead atoms. The molecule has 1 saturated carbocycles. The minimum Gasteiger partial charge on any atom is -0.361 e. The van der Waals surface area contributed by atoms with Crippen molar-refractivity contribution in [3.63, 3.8) is 0 Å². The van der Waals surface area contributed by atoms with Gasteiger partial charge in [-0.2, -0.15) is 13.2 Å². The number of benzene rings is 1. The molecular weight excluding hydrogens is 393 g/mol. The molecule has 148 valence electrons. The Bertz CT molecular complexity index is 1160. The second-order valence-corrected chi connectivity index (χ2v) is 9.24. The quantitative estimate of drug-likeness (QED) is 0.627. The Labute approximate surface area is 159 Å². The van der Waals surface area contributed by atoms with Crippen LogP contribution < -0.4 is 0 Å². The Morgan fingerprint density at radius 3 is 2.50 bits per heavy atom. The van der Waals surface area contributed by atoms with E-state index in [1.54, 1.807) is 32.0 Å². The van der Waals surface area contributed by atoms with Crippen LogP contribution in [0.2, 0.25) is 0 Å². The lowest BCUT2D eigenvalue weighted by Crippen LogP contribution is -2.32. The van der Waals surface area contributed by atoms with Gasteiger partial charge in [-0.15, -0.1) is 0 Å². The number of aromatic nitrogens is 2. The second-order valence-electron chi connectivity index (χ2n) is 7.28. The van der Waals surface area contributed by atoms with Crippen molar-refractivity contribution in [2.75, 3.05) is 5.75 Å². The molecule has 5 nitrogen and oxygen atoms in total. The van der Waals surface area contributed by atoms with Crippen molar-refractivity contribution >= 4 is 20.7 Å². The van der Waals surface area contributed by atoms with Crippen LogP contribution in [0.3, 0.4) is 0 Å². The molecule has 0 N–H and O–H groups in total. The Kier molecular flexibility index (Phi) is 4.08. The second kappa shape index (κ2) is 6.04. The number of nitrogens with zero attached hydrogens (tertiary/aromatic N) is 2. The van der Waals surface area contributed by atoms with Gasteiger partial charge in [0.2, 0.25) is 0 Å². The molecule has 3 aromatic rings. The molecule has 1 aromatic carbocycles. The molecule has 0 saturated heterocycles. The van der Waals surface area contributed by atoms with Crippen LogP contribution in [0.4, 0.5) is 13.2 Å². The highest BCUT2D eigenvalue weighted by Crippen LogP contribution is 2.58. The Balaban J connectivity index is 1.91. The lowest BCUT2D eigenvalue weighted by molar-refractivity contribution is -0.180. The van der Waals surface area contributed by atoms with Gasteiger partial charge in [0, 0.05) is 17.1 Å². The fraction of sp³-hybridized carbons (Fsp3) is 0.368. The maximum absolute atomic E-state index is 13.4. The van der Waals surface area contributed by atoms with Crippen LogP contribution in [0.5, 0.6) is 0 Å². The fourth-order valence-electron chi connectivity index (χ4n) is 3.55. The van der Waals surface area contributed by atoms with Crippen LogP contribution in [0, 0.1) is 19.3 Å². The van der Waals surface area contributed by atoms with E-state index in [0.717, 1.165) is 0 Å². The maximum atomic E-state index is 13.4. The highest BCUT2D eigenvalue weighted by molar-refractivity contribution is 7.91. The summed E-state index contributed by atoms with van der Waals surface area (Å²) < 4.78 is 71.4. The van der Waals surface area contributed by atoms with E-state index in [4.69, 9.17) is 4.52 Å². The van der Waals surface area contributed by atoms with E-state index >= 15 is 0 Å². The van der Waals surface area contributed by atoms with Crippen molar-refractivity contribution in [2.24, 2.45) is 5.41 Å². The van der Waals surface area contributed by atoms with Gasteiger partial charge in [0.15, 0.2) is 9.84 Å². The van der Waals surface area contributed by atoms with Gasteiger partial charge < -0.3 is 4.52 Å². The summed E-state index contributed by atoms with van der Waals surface area (Å²) in [7, 11) is -4.22. The van der Waals surface area contributed by atoms with Gasteiger partial charge in [0.05, 0.1) is 27.3 Å². The highest BCUT2D eigenvalue weighted by atomic mass is 32.2. The van der Waals surface area contributed by atoms with Crippen molar-refractivity contribution in [3.05, 3.63) is 41.9 Å². The van der Waals surface area contributed by atoms with E-state index < -0.39 is 27.2 Å². The van der Waals surface area contributed by atoms with Gasteiger partial charge >= 0.3 is 6.18 Å². The zero-order chi connectivity index (χ0) is 20.3. The molecule has 1 aliphatic carbocycles. The van der Waals surface area contributed by atoms with Gasteiger partial charge in [-0.25, -0.2) is 8.42 Å². The molecule has 2 heterocycles. The van der Waals surface area contributed by atoms with Crippen molar-refractivity contribution in [2.45, 2.75) is 37.8 Å². The summed E-state index contributed by atoms with van der Waals surface area (Å²) in [4.78, 5) is 4.06. The molecule has 28 heavy (non-hydrogen) atoms. The van der Waals surface area contributed by atoms with Crippen LogP contribution in [-0.2, 0) is 9.84 Å². The SMILES string of the molecule is Cc1noc(C)c1-c1cc(S(=O)(=O)CC2(C(F)(F)F)CC2)c2cccnc2c1. The summed E-state index contributed by atoms with van der Waals surface area (Å²) in [6.45, 7) is 3.40. The molecule has 9 heteroatoms. The first-order valence-corrected chi connectivity index (χ1v) is 10.3. The average molecular weight is 410 g/mol. The molecule has 0 aliphatic heterocycles. The van der Waals surface area contributed by atoms with E-state index in [1.165, 1.54) is 12.3 Å². The van der Waals surface area contributed by atoms with Gasteiger partial charge in [0.1, 0.15) is 5.76 Å². The molecule has 0 amide bonds. The largest absolute Gasteiger partial charge is 0.395 e. The number of hydrogen-bond donors (Lipinski definition) is 0. The number of aryl methyl sites for hydroxylation is 2. The average Bonchev–Trinajstić information content (AvgIpc) is 3.32. The van der Waals surface area contributed by atoms with E-state index in [2.05, 4.69) is 10.1 Å². The van der Waals surface area contributed by atoms with Gasteiger partial charge in [-0.1, -0.05) is 5.16 Å².